The fraction of sp³-hybridized carbons (Fsp3) is 0.353. The third kappa shape index (κ3) is 4.84. The quantitative estimate of drug-likeness (QED) is 0.809. The number of aryl methyl sites for hydroxylation is 2. The molecule has 0 saturated heterocycles. The normalized spacial score (nSPS) is 10.3. The zero-order valence-electron chi connectivity index (χ0n) is 14.0. The topological polar surface area (TPSA) is 93.5 Å². The Hall–Kier alpha value is -2.83. The molecule has 2 amide bonds. The van der Waals surface area contributed by atoms with Gasteiger partial charge in [0.2, 0.25) is 5.91 Å². The highest BCUT2D eigenvalue weighted by atomic mass is 16.5. The van der Waals surface area contributed by atoms with Gasteiger partial charge in [0.25, 0.3) is 5.91 Å². The van der Waals surface area contributed by atoms with Crippen molar-refractivity contribution in [3.8, 4) is 5.75 Å². The van der Waals surface area contributed by atoms with Crippen LogP contribution < -0.4 is 15.4 Å². The van der Waals surface area contributed by atoms with Gasteiger partial charge in [-0.2, -0.15) is 0 Å². The van der Waals surface area contributed by atoms with E-state index < -0.39 is 0 Å². The van der Waals surface area contributed by atoms with E-state index in [1.54, 1.807) is 38.1 Å². The molecule has 7 nitrogen and oxygen atoms in total. The number of carbonyl (C=O) groups excluding carboxylic acids is 2. The van der Waals surface area contributed by atoms with E-state index in [1.165, 1.54) is 0 Å². The summed E-state index contributed by atoms with van der Waals surface area (Å²) < 4.78 is 10.4. The summed E-state index contributed by atoms with van der Waals surface area (Å²) in [6.45, 7) is 5.96. The van der Waals surface area contributed by atoms with Crippen LogP contribution in [0, 0.1) is 13.8 Å². The van der Waals surface area contributed by atoms with E-state index in [-0.39, 0.29) is 24.8 Å². The summed E-state index contributed by atoms with van der Waals surface area (Å²) in [7, 11) is 0. The fourth-order valence-corrected chi connectivity index (χ4v) is 2.15. The lowest BCUT2D eigenvalue weighted by atomic mass is 10.1. The molecule has 2 N–H and O–H groups in total. The van der Waals surface area contributed by atoms with E-state index in [0.29, 0.717) is 23.7 Å². The molecule has 0 spiro atoms. The summed E-state index contributed by atoms with van der Waals surface area (Å²) in [5, 5.41) is 9.28. The van der Waals surface area contributed by atoms with Crippen LogP contribution in [-0.2, 0) is 16.0 Å². The van der Waals surface area contributed by atoms with Crippen LogP contribution in [0.2, 0.25) is 0 Å². The van der Waals surface area contributed by atoms with Gasteiger partial charge in [0.05, 0.1) is 12.1 Å². The summed E-state index contributed by atoms with van der Waals surface area (Å²) >= 11 is 0. The van der Waals surface area contributed by atoms with Crippen LogP contribution in [0.15, 0.2) is 28.8 Å². The monoisotopic (exact) mass is 331 g/mol. The molecule has 24 heavy (non-hydrogen) atoms. The maximum absolute atomic E-state index is 12.1. The molecule has 1 heterocycles. The molecule has 0 bridgehead atoms. The Labute approximate surface area is 140 Å². The Balaban J connectivity index is 1.87. The number of nitrogens with one attached hydrogen (secondary N) is 2. The van der Waals surface area contributed by atoms with Crippen LogP contribution in [0.1, 0.15) is 23.9 Å². The molecule has 2 rings (SSSR count). The third-order valence-corrected chi connectivity index (χ3v) is 3.40. The van der Waals surface area contributed by atoms with E-state index in [2.05, 4.69) is 15.8 Å². The van der Waals surface area contributed by atoms with Crippen LogP contribution in [0.25, 0.3) is 0 Å². The largest absolute Gasteiger partial charge is 0.484 e. The molecular formula is C17H21N3O4. The minimum Gasteiger partial charge on any atom is -0.484 e. The van der Waals surface area contributed by atoms with Crippen molar-refractivity contribution in [2.75, 3.05) is 18.5 Å². The Morgan fingerprint density at radius 2 is 1.88 bits per heavy atom. The second-order valence-corrected chi connectivity index (χ2v) is 5.29. The van der Waals surface area contributed by atoms with Crippen LogP contribution in [0.4, 0.5) is 5.69 Å². The fourth-order valence-electron chi connectivity index (χ4n) is 2.15. The number of amides is 2. The Morgan fingerprint density at radius 1 is 1.17 bits per heavy atom. The first-order valence-corrected chi connectivity index (χ1v) is 7.70. The first-order valence-electron chi connectivity index (χ1n) is 7.70. The highest BCUT2D eigenvalue weighted by molar-refractivity contribution is 5.92. The van der Waals surface area contributed by atoms with Crippen molar-refractivity contribution < 1.29 is 18.8 Å². The minimum atomic E-state index is -0.172. The molecule has 128 valence electrons. The van der Waals surface area contributed by atoms with Gasteiger partial charge in [0.15, 0.2) is 6.61 Å². The summed E-state index contributed by atoms with van der Waals surface area (Å²) in [4.78, 5) is 23.4. The predicted octanol–water partition coefficient (Wildman–Crippen LogP) is 1.99. The maximum Gasteiger partial charge on any atom is 0.257 e. The highest BCUT2D eigenvalue weighted by Gasteiger charge is 2.13. The van der Waals surface area contributed by atoms with Gasteiger partial charge in [0.1, 0.15) is 11.5 Å². The summed E-state index contributed by atoms with van der Waals surface area (Å²) in [5.74, 6) is 0.886. The summed E-state index contributed by atoms with van der Waals surface area (Å²) in [6.07, 6.45) is 0.205. The average Bonchev–Trinajstić information content (AvgIpc) is 2.86. The number of hydrogen-bond donors (Lipinski definition) is 2. The molecule has 0 fully saturated rings. The van der Waals surface area contributed by atoms with Crippen molar-refractivity contribution in [3.63, 3.8) is 0 Å². The second kappa shape index (κ2) is 8.14. The van der Waals surface area contributed by atoms with E-state index in [0.717, 1.165) is 11.3 Å². The Kier molecular flexibility index (Phi) is 5.95. The standard InChI is InChI=1S/C17H21N3O4/c1-4-18-17(22)10-23-14-7-5-13(6-8-14)19-16(21)9-15-11(2)20-24-12(15)3/h5-8H,4,9-10H2,1-3H3,(H,18,22)(H,19,21). The average molecular weight is 331 g/mol. The Bertz CT molecular complexity index is 688. The van der Waals surface area contributed by atoms with Crippen LogP contribution in [-0.4, -0.2) is 30.1 Å². The van der Waals surface area contributed by atoms with E-state index in [1.807, 2.05) is 6.92 Å². The lowest BCUT2D eigenvalue weighted by molar-refractivity contribution is -0.123. The SMILES string of the molecule is CCNC(=O)COc1ccc(NC(=O)Cc2c(C)noc2C)cc1. The van der Waals surface area contributed by atoms with Crippen LogP contribution in [0.5, 0.6) is 5.75 Å². The molecule has 0 radical (unpaired) electrons. The van der Waals surface area contributed by atoms with Crippen molar-refractivity contribution in [1.29, 1.82) is 0 Å². The smallest absolute Gasteiger partial charge is 0.257 e. The zero-order valence-corrected chi connectivity index (χ0v) is 14.0. The van der Waals surface area contributed by atoms with Crippen molar-refractivity contribution >= 4 is 17.5 Å². The number of carbonyl (C=O) groups is 2. The highest BCUT2D eigenvalue weighted by Crippen LogP contribution is 2.17. The van der Waals surface area contributed by atoms with Gasteiger partial charge in [-0.25, -0.2) is 0 Å². The molecule has 0 aliphatic heterocycles. The van der Waals surface area contributed by atoms with Gasteiger partial charge in [0, 0.05) is 17.8 Å². The van der Waals surface area contributed by atoms with Gasteiger partial charge >= 0.3 is 0 Å². The number of aromatic nitrogens is 1. The molecule has 0 unspecified atom stereocenters. The molecule has 0 atom stereocenters. The second-order valence-electron chi connectivity index (χ2n) is 5.29. The lowest BCUT2D eigenvalue weighted by Crippen LogP contribution is -2.28. The first-order chi connectivity index (χ1) is 11.5. The summed E-state index contributed by atoms with van der Waals surface area (Å²) in [5.41, 5.74) is 2.17. The van der Waals surface area contributed by atoms with E-state index in [4.69, 9.17) is 9.26 Å². The lowest BCUT2D eigenvalue weighted by Gasteiger charge is -2.08. The number of rotatable bonds is 7. The van der Waals surface area contributed by atoms with Gasteiger partial charge in [-0.1, -0.05) is 5.16 Å². The van der Waals surface area contributed by atoms with E-state index in [9.17, 15) is 9.59 Å². The number of anilines is 1. The molecule has 0 aliphatic rings. The number of likely N-dealkylation sites (N-methyl/N-ethyl adjacent to an activating group) is 1. The van der Waals surface area contributed by atoms with Crippen molar-refractivity contribution in [3.05, 3.63) is 41.3 Å². The number of ether oxygens (including phenoxy) is 1. The van der Waals surface area contributed by atoms with Gasteiger partial charge in [-0.05, 0) is 45.0 Å². The molecule has 2 aromatic rings. The molecule has 1 aromatic carbocycles. The predicted molar refractivity (Wildman–Crippen MR) is 88.9 cm³/mol. The van der Waals surface area contributed by atoms with Crippen molar-refractivity contribution in [2.45, 2.75) is 27.2 Å². The van der Waals surface area contributed by atoms with Crippen LogP contribution in [0.3, 0.4) is 0 Å². The zero-order chi connectivity index (χ0) is 17.5. The maximum atomic E-state index is 12.1. The molecule has 0 saturated carbocycles. The molecule has 0 aliphatic carbocycles. The number of hydrogen-bond acceptors (Lipinski definition) is 5. The number of benzene rings is 1. The minimum absolute atomic E-state index is 0.0361. The first kappa shape index (κ1) is 17.5. The van der Waals surface area contributed by atoms with Gasteiger partial charge < -0.3 is 19.9 Å². The van der Waals surface area contributed by atoms with Gasteiger partial charge in [-0.15, -0.1) is 0 Å². The third-order valence-electron chi connectivity index (χ3n) is 3.40. The number of nitrogens with zero attached hydrogens (tertiary/aromatic N) is 1. The van der Waals surface area contributed by atoms with Crippen molar-refractivity contribution in [2.24, 2.45) is 0 Å². The van der Waals surface area contributed by atoms with Crippen molar-refractivity contribution in [1.82, 2.24) is 10.5 Å². The molecule has 1 aromatic heterocycles. The van der Waals surface area contributed by atoms with E-state index >= 15 is 0 Å². The Morgan fingerprint density at radius 3 is 2.46 bits per heavy atom. The summed E-state index contributed by atoms with van der Waals surface area (Å²) in [6, 6.07) is 6.84. The van der Waals surface area contributed by atoms with Crippen LogP contribution >= 0.6 is 0 Å². The van der Waals surface area contributed by atoms with Gasteiger partial charge in [-0.3, -0.25) is 9.59 Å². The molecular weight excluding hydrogens is 310 g/mol. The molecule has 7 heteroatoms.